The van der Waals surface area contributed by atoms with Crippen LogP contribution in [0.4, 0.5) is 5.69 Å². The Morgan fingerprint density at radius 1 is 1.31 bits per heavy atom. The summed E-state index contributed by atoms with van der Waals surface area (Å²) in [5.74, 6) is 0. The molecule has 0 aromatic carbocycles. The second-order valence-corrected chi connectivity index (χ2v) is 6.72. The largest absolute Gasteiger partial charge is 0.364 e. The van der Waals surface area contributed by atoms with Gasteiger partial charge in [0, 0.05) is 37.0 Å². The molecule has 0 saturated carbocycles. The second kappa shape index (κ2) is 6.92. The van der Waals surface area contributed by atoms with Crippen molar-refractivity contribution in [3.63, 3.8) is 0 Å². The van der Waals surface area contributed by atoms with Gasteiger partial charge in [-0.25, -0.2) is 5.10 Å². The number of aromatic amines is 1. The van der Waals surface area contributed by atoms with E-state index in [4.69, 9.17) is 16.7 Å². The summed E-state index contributed by atoms with van der Waals surface area (Å²) >= 11 is 6.14. The van der Waals surface area contributed by atoms with E-state index in [0.29, 0.717) is 18.8 Å². The van der Waals surface area contributed by atoms with Gasteiger partial charge in [0.15, 0.2) is 0 Å². The first kappa shape index (κ1) is 16.8. The Morgan fingerprint density at radius 3 is 3.00 bits per heavy atom. The Labute approximate surface area is 155 Å². The van der Waals surface area contributed by atoms with Gasteiger partial charge < -0.3 is 4.90 Å². The van der Waals surface area contributed by atoms with Crippen molar-refractivity contribution in [3.8, 4) is 0 Å². The number of nitrogens with one attached hydrogen (secondary N) is 1. The van der Waals surface area contributed by atoms with Gasteiger partial charge in [0.2, 0.25) is 0 Å². The molecule has 26 heavy (non-hydrogen) atoms. The number of hydrogen-bond donors (Lipinski definition) is 1. The molecule has 1 N–H and O–H groups in total. The van der Waals surface area contributed by atoms with Crippen LogP contribution in [-0.4, -0.2) is 31.5 Å². The standard InChI is InChI=1S/C18H19ClN6O/c1-2-13-4-3-5-14(21-13)11-25-10-12-9-24(7-6-15(12)23-25)16-8-20-22-18(26)17(16)19/h3-5,8,10H,2,6-7,9,11H2,1H3,(H,22,26). The molecule has 0 saturated heterocycles. The lowest BCUT2D eigenvalue weighted by Crippen LogP contribution is -2.31. The van der Waals surface area contributed by atoms with E-state index in [2.05, 4.69) is 33.2 Å². The van der Waals surface area contributed by atoms with Crippen LogP contribution in [0.15, 0.2) is 35.4 Å². The summed E-state index contributed by atoms with van der Waals surface area (Å²) in [5.41, 5.74) is 4.60. The van der Waals surface area contributed by atoms with Crippen molar-refractivity contribution in [2.75, 3.05) is 11.4 Å². The van der Waals surface area contributed by atoms with Crippen molar-refractivity contribution in [1.82, 2.24) is 25.0 Å². The summed E-state index contributed by atoms with van der Waals surface area (Å²) in [5, 5.41) is 11.1. The van der Waals surface area contributed by atoms with Crippen LogP contribution in [0.5, 0.6) is 0 Å². The molecule has 1 aliphatic heterocycles. The van der Waals surface area contributed by atoms with Crippen LogP contribution in [0.1, 0.15) is 29.6 Å². The van der Waals surface area contributed by atoms with Gasteiger partial charge in [-0.05, 0) is 18.6 Å². The minimum atomic E-state index is -0.368. The molecule has 4 heterocycles. The molecule has 4 rings (SSSR count). The molecule has 134 valence electrons. The predicted molar refractivity (Wildman–Crippen MR) is 99.6 cm³/mol. The molecule has 0 spiro atoms. The van der Waals surface area contributed by atoms with E-state index < -0.39 is 0 Å². The minimum Gasteiger partial charge on any atom is -0.364 e. The summed E-state index contributed by atoms with van der Waals surface area (Å²) in [6.07, 6.45) is 5.37. The molecular formula is C18H19ClN6O. The van der Waals surface area contributed by atoms with E-state index in [-0.39, 0.29) is 10.6 Å². The van der Waals surface area contributed by atoms with Crippen molar-refractivity contribution in [3.05, 3.63) is 68.6 Å². The molecule has 0 radical (unpaired) electrons. The minimum absolute atomic E-state index is 0.177. The third kappa shape index (κ3) is 3.22. The van der Waals surface area contributed by atoms with Gasteiger partial charge in [-0.2, -0.15) is 10.2 Å². The lowest BCUT2D eigenvalue weighted by atomic mass is 10.1. The van der Waals surface area contributed by atoms with Crippen LogP contribution in [0.25, 0.3) is 0 Å². The van der Waals surface area contributed by atoms with E-state index in [1.165, 1.54) is 0 Å². The molecule has 0 unspecified atom stereocenters. The normalized spacial score (nSPS) is 13.7. The molecule has 1 aliphatic rings. The number of aryl methyl sites for hydroxylation is 1. The molecule has 0 fully saturated rings. The lowest BCUT2D eigenvalue weighted by molar-refractivity contribution is 0.650. The maximum absolute atomic E-state index is 11.7. The van der Waals surface area contributed by atoms with Crippen LogP contribution in [0, 0.1) is 0 Å². The maximum Gasteiger partial charge on any atom is 0.285 e. The fraction of sp³-hybridized carbons (Fsp3) is 0.333. The number of fused-ring (bicyclic) bond motifs is 1. The first-order valence-electron chi connectivity index (χ1n) is 8.62. The highest BCUT2D eigenvalue weighted by atomic mass is 35.5. The van der Waals surface area contributed by atoms with Gasteiger partial charge in [0.05, 0.1) is 29.8 Å². The van der Waals surface area contributed by atoms with Crippen LogP contribution < -0.4 is 10.5 Å². The highest BCUT2D eigenvalue weighted by Crippen LogP contribution is 2.27. The summed E-state index contributed by atoms with van der Waals surface area (Å²) in [6.45, 7) is 4.15. The average molecular weight is 371 g/mol. The summed E-state index contributed by atoms with van der Waals surface area (Å²) < 4.78 is 1.94. The van der Waals surface area contributed by atoms with Gasteiger partial charge in [0.25, 0.3) is 5.56 Å². The van der Waals surface area contributed by atoms with E-state index in [9.17, 15) is 4.79 Å². The lowest BCUT2D eigenvalue weighted by Gasteiger charge is -2.28. The Kier molecular flexibility index (Phi) is 4.46. The molecule has 0 aliphatic carbocycles. The van der Waals surface area contributed by atoms with Crippen molar-refractivity contribution in [2.24, 2.45) is 0 Å². The smallest absolute Gasteiger partial charge is 0.285 e. The maximum atomic E-state index is 11.7. The van der Waals surface area contributed by atoms with Crippen molar-refractivity contribution in [1.29, 1.82) is 0 Å². The van der Waals surface area contributed by atoms with Crippen molar-refractivity contribution in [2.45, 2.75) is 32.9 Å². The van der Waals surface area contributed by atoms with E-state index in [1.54, 1.807) is 6.20 Å². The Bertz CT molecular complexity index is 995. The highest BCUT2D eigenvalue weighted by molar-refractivity contribution is 6.32. The van der Waals surface area contributed by atoms with Crippen LogP contribution in [0.2, 0.25) is 5.02 Å². The number of nitrogens with zero attached hydrogens (tertiary/aromatic N) is 5. The SMILES string of the molecule is CCc1cccc(Cn2cc3c(n2)CCN(c2cn[nH]c(=O)c2Cl)C3)n1. The number of aromatic nitrogens is 5. The fourth-order valence-corrected chi connectivity index (χ4v) is 3.44. The molecule has 3 aromatic rings. The number of rotatable bonds is 4. The molecule has 0 atom stereocenters. The number of anilines is 1. The number of halogens is 1. The first-order chi connectivity index (χ1) is 12.6. The zero-order valence-electron chi connectivity index (χ0n) is 14.4. The molecule has 0 amide bonds. The third-order valence-electron chi connectivity index (χ3n) is 4.57. The zero-order chi connectivity index (χ0) is 18.1. The number of hydrogen-bond acceptors (Lipinski definition) is 5. The van der Waals surface area contributed by atoms with E-state index in [1.807, 2.05) is 22.9 Å². The number of pyridine rings is 1. The zero-order valence-corrected chi connectivity index (χ0v) is 15.2. The Balaban J connectivity index is 1.55. The van der Waals surface area contributed by atoms with Gasteiger partial charge in [-0.3, -0.25) is 14.5 Å². The topological polar surface area (TPSA) is 79.7 Å². The van der Waals surface area contributed by atoms with Gasteiger partial charge in [-0.15, -0.1) is 0 Å². The van der Waals surface area contributed by atoms with Crippen LogP contribution in [-0.2, 0) is 25.9 Å². The molecule has 8 heteroatoms. The van der Waals surface area contributed by atoms with Gasteiger partial charge >= 0.3 is 0 Å². The van der Waals surface area contributed by atoms with Crippen LogP contribution >= 0.6 is 11.6 Å². The monoisotopic (exact) mass is 370 g/mol. The summed E-state index contributed by atoms with van der Waals surface area (Å²) in [7, 11) is 0. The summed E-state index contributed by atoms with van der Waals surface area (Å²) in [4.78, 5) is 18.4. The van der Waals surface area contributed by atoms with E-state index in [0.717, 1.165) is 42.0 Å². The average Bonchev–Trinajstić information content (AvgIpc) is 3.05. The highest BCUT2D eigenvalue weighted by Gasteiger charge is 2.22. The molecule has 7 nitrogen and oxygen atoms in total. The number of H-pyrrole nitrogens is 1. The second-order valence-electron chi connectivity index (χ2n) is 6.34. The molecule has 0 bridgehead atoms. The Morgan fingerprint density at radius 2 is 2.15 bits per heavy atom. The fourth-order valence-electron chi connectivity index (χ4n) is 3.23. The van der Waals surface area contributed by atoms with Gasteiger partial charge in [-0.1, -0.05) is 24.6 Å². The predicted octanol–water partition coefficient (Wildman–Crippen LogP) is 2.19. The third-order valence-corrected chi connectivity index (χ3v) is 4.94. The Hall–Kier alpha value is -2.67. The molecule has 3 aromatic heterocycles. The first-order valence-corrected chi connectivity index (χ1v) is 9.00. The van der Waals surface area contributed by atoms with Crippen molar-refractivity contribution < 1.29 is 0 Å². The van der Waals surface area contributed by atoms with Crippen LogP contribution in [0.3, 0.4) is 0 Å². The van der Waals surface area contributed by atoms with E-state index >= 15 is 0 Å². The van der Waals surface area contributed by atoms with Crippen molar-refractivity contribution >= 4 is 17.3 Å². The molecular weight excluding hydrogens is 352 g/mol. The van der Waals surface area contributed by atoms with Gasteiger partial charge in [0.1, 0.15) is 5.02 Å². The summed E-state index contributed by atoms with van der Waals surface area (Å²) in [6, 6.07) is 6.09. The quantitative estimate of drug-likeness (QED) is 0.761.